The fraction of sp³-hybridized carbons (Fsp3) is 0.414. The molecule has 0 spiro atoms. The summed E-state index contributed by atoms with van der Waals surface area (Å²) in [5.74, 6) is 0.343. The Morgan fingerprint density at radius 2 is 1.91 bits per heavy atom. The Kier molecular flexibility index (Phi) is 6.82. The van der Waals surface area contributed by atoms with Crippen LogP contribution in [0.5, 0.6) is 0 Å². The van der Waals surface area contributed by atoms with Crippen LogP contribution in [0.3, 0.4) is 0 Å². The largest absolute Gasteiger partial charge is 0.388 e. The highest BCUT2D eigenvalue weighted by Crippen LogP contribution is 2.34. The Balaban J connectivity index is 1.21. The molecule has 5 rings (SSSR count). The second-order valence-electron chi connectivity index (χ2n) is 10.1. The molecule has 2 aliphatic rings. The molecule has 0 unspecified atom stereocenters. The molecule has 3 aromatic rings. The summed E-state index contributed by atoms with van der Waals surface area (Å²) in [7, 11) is 0. The van der Waals surface area contributed by atoms with Crippen molar-refractivity contribution >= 4 is 22.6 Å². The van der Waals surface area contributed by atoms with Crippen molar-refractivity contribution in [3.63, 3.8) is 0 Å². The predicted octanol–water partition coefficient (Wildman–Crippen LogP) is 4.18. The van der Waals surface area contributed by atoms with E-state index in [1.165, 1.54) is 16.3 Å². The zero-order valence-electron chi connectivity index (χ0n) is 20.0. The third kappa shape index (κ3) is 5.22. The zero-order valence-corrected chi connectivity index (χ0v) is 20.0. The lowest BCUT2D eigenvalue weighted by Gasteiger charge is -2.35. The number of likely N-dealkylation sites (tertiary alicyclic amines) is 1. The number of carbonyl (C=O) groups excluding carboxylic acids is 2. The van der Waals surface area contributed by atoms with E-state index in [9.17, 15) is 14.7 Å². The third-order valence-corrected chi connectivity index (χ3v) is 7.83. The van der Waals surface area contributed by atoms with Gasteiger partial charge < -0.3 is 15.3 Å². The highest BCUT2D eigenvalue weighted by Gasteiger charge is 2.39. The van der Waals surface area contributed by atoms with Crippen molar-refractivity contribution in [1.82, 2.24) is 15.2 Å². The van der Waals surface area contributed by atoms with Crippen LogP contribution in [-0.2, 0) is 16.0 Å². The van der Waals surface area contributed by atoms with Gasteiger partial charge in [-0.1, -0.05) is 48.5 Å². The molecular formula is C29H33N3O3. The lowest BCUT2D eigenvalue weighted by atomic mass is 9.83. The molecule has 182 valence electrons. The summed E-state index contributed by atoms with van der Waals surface area (Å²) in [6.45, 7) is 1.31. The lowest BCUT2D eigenvalue weighted by Crippen LogP contribution is -2.45. The van der Waals surface area contributed by atoms with Crippen LogP contribution < -0.4 is 5.32 Å². The first-order valence-electron chi connectivity index (χ1n) is 12.7. The molecule has 2 N–H and O–H groups in total. The summed E-state index contributed by atoms with van der Waals surface area (Å²) >= 11 is 0. The van der Waals surface area contributed by atoms with Gasteiger partial charge in [0, 0.05) is 43.9 Å². The standard InChI is InChI=1S/C29H33N3O3/c33-26-10-14-29(31-26,19-23-7-3-6-21-5-1-2-9-25(21)23)15-11-27(34)32-17-12-22(13-18-32)28(35)24-8-4-16-30-20-24/h1-9,16,20,22,28,35H,10-15,17-19H2,(H,31,33)/t28-,29+/m1/s1. The maximum Gasteiger partial charge on any atom is 0.222 e. The van der Waals surface area contributed by atoms with Crippen LogP contribution in [0.4, 0.5) is 0 Å². The Hall–Kier alpha value is -3.25. The molecule has 0 radical (unpaired) electrons. The van der Waals surface area contributed by atoms with E-state index in [-0.39, 0.29) is 23.3 Å². The highest BCUT2D eigenvalue weighted by atomic mass is 16.3. The maximum atomic E-state index is 13.1. The quantitative estimate of drug-likeness (QED) is 0.542. The first-order valence-corrected chi connectivity index (χ1v) is 12.7. The molecule has 2 saturated heterocycles. The number of piperidine rings is 1. The number of hydrogen-bond donors (Lipinski definition) is 2. The van der Waals surface area contributed by atoms with E-state index in [1.54, 1.807) is 12.4 Å². The Morgan fingerprint density at radius 3 is 2.66 bits per heavy atom. The number of pyridine rings is 1. The summed E-state index contributed by atoms with van der Waals surface area (Å²) < 4.78 is 0. The predicted molar refractivity (Wildman–Crippen MR) is 135 cm³/mol. The van der Waals surface area contributed by atoms with Crippen molar-refractivity contribution < 1.29 is 14.7 Å². The second-order valence-corrected chi connectivity index (χ2v) is 10.1. The number of benzene rings is 2. The molecule has 2 amide bonds. The average Bonchev–Trinajstić information content (AvgIpc) is 3.28. The molecule has 2 atom stereocenters. The fourth-order valence-electron chi connectivity index (χ4n) is 5.79. The lowest BCUT2D eigenvalue weighted by molar-refractivity contribution is -0.134. The van der Waals surface area contributed by atoms with Gasteiger partial charge in [-0.3, -0.25) is 14.6 Å². The number of hydrogen-bond acceptors (Lipinski definition) is 4. The van der Waals surface area contributed by atoms with E-state index in [1.807, 2.05) is 29.2 Å². The molecule has 0 bridgehead atoms. The Morgan fingerprint density at radius 1 is 1.11 bits per heavy atom. The van der Waals surface area contributed by atoms with Crippen molar-refractivity contribution in [1.29, 1.82) is 0 Å². The summed E-state index contributed by atoms with van der Waals surface area (Å²) in [6.07, 6.45) is 7.48. The van der Waals surface area contributed by atoms with Gasteiger partial charge in [0.15, 0.2) is 0 Å². The minimum absolute atomic E-state index is 0.0721. The number of nitrogens with one attached hydrogen (secondary N) is 1. The SMILES string of the molecule is O=C1CC[C@](CCC(=O)N2CCC([C@@H](O)c3cccnc3)CC2)(Cc2cccc3ccccc23)N1. The smallest absolute Gasteiger partial charge is 0.222 e. The van der Waals surface area contributed by atoms with Gasteiger partial charge in [0.25, 0.3) is 0 Å². The first-order chi connectivity index (χ1) is 17.0. The summed E-state index contributed by atoms with van der Waals surface area (Å²) in [5.41, 5.74) is 1.67. The normalized spacial score (nSPS) is 21.7. The fourth-order valence-corrected chi connectivity index (χ4v) is 5.79. The second kappa shape index (κ2) is 10.2. The van der Waals surface area contributed by atoms with Gasteiger partial charge in [0.1, 0.15) is 0 Å². The van der Waals surface area contributed by atoms with Crippen molar-refractivity contribution in [3.05, 3.63) is 78.1 Å². The first kappa shape index (κ1) is 23.5. The number of carbonyl (C=O) groups is 2. The Labute approximate surface area is 206 Å². The topological polar surface area (TPSA) is 82.5 Å². The number of rotatable bonds is 7. The van der Waals surface area contributed by atoms with E-state index < -0.39 is 6.10 Å². The molecule has 2 aromatic carbocycles. The van der Waals surface area contributed by atoms with Gasteiger partial charge in [-0.2, -0.15) is 0 Å². The minimum Gasteiger partial charge on any atom is -0.388 e. The zero-order chi connectivity index (χ0) is 24.3. The van der Waals surface area contributed by atoms with Gasteiger partial charge >= 0.3 is 0 Å². The molecule has 3 heterocycles. The number of fused-ring (bicyclic) bond motifs is 1. The Bertz CT molecular complexity index is 1180. The summed E-state index contributed by atoms with van der Waals surface area (Å²) in [4.78, 5) is 31.4. The number of aromatic nitrogens is 1. The number of aliphatic hydroxyl groups is 1. The molecule has 35 heavy (non-hydrogen) atoms. The van der Waals surface area contributed by atoms with Crippen LogP contribution in [-0.4, -0.2) is 45.4 Å². The highest BCUT2D eigenvalue weighted by molar-refractivity contribution is 5.86. The summed E-state index contributed by atoms with van der Waals surface area (Å²) in [5, 5.41) is 16.3. The van der Waals surface area contributed by atoms with Crippen LogP contribution in [0, 0.1) is 5.92 Å². The summed E-state index contributed by atoms with van der Waals surface area (Å²) in [6, 6.07) is 18.4. The third-order valence-electron chi connectivity index (χ3n) is 7.83. The molecule has 0 saturated carbocycles. The van der Waals surface area contributed by atoms with Gasteiger partial charge in [-0.25, -0.2) is 0 Å². The molecule has 2 aliphatic heterocycles. The van der Waals surface area contributed by atoms with Gasteiger partial charge in [-0.15, -0.1) is 0 Å². The number of amides is 2. The van der Waals surface area contributed by atoms with Crippen LogP contribution in [0.1, 0.15) is 55.8 Å². The van der Waals surface area contributed by atoms with Gasteiger partial charge in [0.2, 0.25) is 11.8 Å². The molecule has 0 aliphatic carbocycles. The van der Waals surface area contributed by atoms with Crippen molar-refractivity contribution in [3.8, 4) is 0 Å². The number of nitrogens with zero attached hydrogens (tertiary/aromatic N) is 2. The molecule has 6 nitrogen and oxygen atoms in total. The van der Waals surface area contributed by atoms with Crippen molar-refractivity contribution in [2.45, 2.75) is 56.6 Å². The maximum absolute atomic E-state index is 13.1. The monoisotopic (exact) mass is 471 g/mol. The molecule has 1 aromatic heterocycles. The van der Waals surface area contributed by atoms with Crippen molar-refractivity contribution in [2.24, 2.45) is 5.92 Å². The minimum atomic E-state index is -0.543. The van der Waals surface area contributed by atoms with Gasteiger partial charge in [-0.05, 0) is 66.0 Å². The van der Waals surface area contributed by atoms with E-state index in [2.05, 4.69) is 40.6 Å². The average molecular weight is 472 g/mol. The van der Waals surface area contributed by atoms with Crippen LogP contribution >= 0.6 is 0 Å². The molecule has 2 fully saturated rings. The van der Waals surface area contributed by atoms with E-state index in [4.69, 9.17) is 0 Å². The van der Waals surface area contributed by atoms with Gasteiger partial charge in [0.05, 0.1) is 6.10 Å². The van der Waals surface area contributed by atoms with E-state index in [0.717, 1.165) is 31.2 Å². The van der Waals surface area contributed by atoms with Crippen LogP contribution in [0.25, 0.3) is 10.8 Å². The molecule has 6 heteroatoms. The van der Waals surface area contributed by atoms with E-state index in [0.29, 0.717) is 32.4 Å². The van der Waals surface area contributed by atoms with Crippen LogP contribution in [0.15, 0.2) is 67.0 Å². The van der Waals surface area contributed by atoms with Crippen molar-refractivity contribution in [2.75, 3.05) is 13.1 Å². The van der Waals surface area contributed by atoms with Crippen LogP contribution in [0.2, 0.25) is 0 Å². The number of aliphatic hydroxyl groups excluding tert-OH is 1. The molecular weight excluding hydrogens is 438 g/mol. The van der Waals surface area contributed by atoms with E-state index >= 15 is 0 Å².